The molecule has 1 aliphatic heterocycles. The number of halogens is 1. The average Bonchev–Trinajstić information content (AvgIpc) is 3.44. The number of hydrogen-bond acceptors (Lipinski definition) is 7. The lowest BCUT2D eigenvalue weighted by atomic mass is 9.96. The topological polar surface area (TPSA) is 73.8 Å². The van der Waals surface area contributed by atoms with Gasteiger partial charge in [0.25, 0.3) is 5.56 Å². The van der Waals surface area contributed by atoms with Crippen molar-refractivity contribution < 1.29 is 13.9 Å². The Bertz CT molecular complexity index is 1630. The van der Waals surface area contributed by atoms with Gasteiger partial charge in [0.05, 0.1) is 28.5 Å². The second-order valence-electron chi connectivity index (χ2n) is 7.93. The van der Waals surface area contributed by atoms with E-state index in [1.807, 2.05) is 66.7 Å². The van der Waals surface area contributed by atoms with E-state index in [9.17, 15) is 9.59 Å². The van der Waals surface area contributed by atoms with Crippen molar-refractivity contribution in [3.8, 4) is 0 Å². The van der Waals surface area contributed by atoms with E-state index in [2.05, 4.69) is 4.99 Å². The Hall–Kier alpha value is -3.33. The first-order valence-corrected chi connectivity index (χ1v) is 13.2. The molecule has 2 aromatic heterocycles. The van der Waals surface area contributed by atoms with E-state index in [1.54, 1.807) is 24.5 Å². The van der Waals surface area contributed by atoms with Crippen molar-refractivity contribution in [2.24, 2.45) is 4.99 Å². The highest BCUT2D eigenvalue weighted by Gasteiger charge is 2.33. The molecule has 0 saturated carbocycles. The normalized spacial score (nSPS) is 15.5. The zero-order chi connectivity index (χ0) is 25.2. The summed E-state index contributed by atoms with van der Waals surface area (Å²) in [5.41, 5.74) is 1.46. The third-order valence-corrected chi connectivity index (χ3v) is 7.70. The smallest absolute Gasteiger partial charge is 0.338 e. The summed E-state index contributed by atoms with van der Waals surface area (Å²) < 4.78 is 13.3. The van der Waals surface area contributed by atoms with Gasteiger partial charge in [-0.25, -0.2) is 9.79 Å². The molecule has 0 aliphatic carbocycles. The number of rotatable bonds is 6. The number of esters is 1. The van der Waals surface area contributed by atoms with Crippen LogP contribution in [0, 0.1) is 0 Å². The fourth-order valence-electron chi connectivity index (χ4n) is 3.96. The van der Waals surface area contributed by atoms with Gasteiger partial charge in [0.2, 0.25) is 0 Å². The largest absolute Gasteiger partial charge is 0.463 e. The van der Waals surface area contributed by atoms with Crippen molar-refractivity contribution in [2.75, 3.05) is 6.61 Å². The van der Waals surface area contributed by atoms with E-state index in [-0.39, 0.29) is 12.2 Å². The number of aromatic nitrogens is 1. The van der Waals surface area contributed by atoms with E-state index < -0.39 is 12.0 Å². The summed E-state index contributed by atoms with van der Waals surface area (Å²) in [5, 5.41) is 1.36. The molecule has 3 heterocycles. The van der Waals surface area contributed by atoms with Gasteiger partial charge in [-0.3, -0.25) is 9.36 Å². The van der Waals surface area contributed by atoms with Gasteiger partial charge in [-0.1, -0.05) is 65.0 Å². The first kappa shape index (κ1) is 24.4. The van der Waals surface area contributed by atoms with Crippen molar-refractivity contribution in [1.29, 1.82) is 0 Å². The monoisotopic (exact) mass is 536 g/mol. The number of carbonyl (C=O) groups excluding carboxylic acids is 1. The molecule has 0 bridgehead atoms. The maximum absolute atomic E-state index is 13.6. The number of furan rings is 1. The second kappa shape index (κ2) is 10.3. The van der Waals surface area contributed by atoms with E-state index >= 15 is 0 Å². The molecule has 5 rings (SSSR count). The van der Waals surface area contributed by atoms with Gasteiger partial charge in [-0.2, -0.15) is 0 Å². The summed E-state index contributed by atoms with van der Waals surface area (Å²) in [6.45, 7) is 3.76. The summed E-state index contributed by atoms with van der Waals surface area (Å²) >= 11 is 8.69. The number of ether oxygens (including phenoxy) is 1. The fourth-order valence-corrected chi connectivity index (χ4v) is 5.89. The Morgan fingerprint density at radius 3 is 2.64 bits per heavy atom. The molecule has 2 aromatic carbocycles. The van der Waals surface area contributed by atoms with Gasteiger partial charge >= 0.3 is 5.97 Å². The first-order valence-electron chi connectivity index (χ1n) is 11.2. The number of nitrogens with zero attached hydrogens (tertiary/aromatic N) is 2. The Morgan fingerprint density at radius 1 is 1.17 bits per heavy atom. The van der Waals surface area contributed by atoms with Crippen molar-refractivity contribution in [1.82, 2.24) is 4.57 Å². The zero-order valence-electron chi connectivity index (χ0n) is 19.4. The van der Waals surface area contributed by atoms with Crippen LogP contribution in [0.3, 0.4) is 0 Å². The predicted octanol–water partition coefficient (Wildman–Crippen LogP) is 5.20. The number of thiazole rings is 1. The van der Waals surface area contributed by atoms with Gasteiger partial charge in [0, 0.05) is 16.0 Å². The summed E-state index contributed by atoms with van der Waals surface area (Å²) in [6, 6.07) is 20.0. The Kier molecular flexibility index (Phi) is 7.00. The minimum absolute atomic E-state index is 0.233. The Labute approximate surface area is 220 Å². The van der Waals surface area contributed by atoms with Crippen LogP contribution in [-0.4, -0.2) is 17.1 Å². The summed E-state index contributed by atoms with van der Waals surface area (Å²) in [6.07, 6.45) is 1.71. The van der Waals surface area contributed by atoms with Crippen LogP contribution in [0.4, 0.5) is 0 Å². The second-order valence-corrected chi connectivity index (χ2v) is 10.4. The van der Waals surface area contributed by atoms with Crippen LogP contribution in [0.5, 0.6) is 0 Å². The molecule has 0 amide bonds. The third kappa shape index (κ3) is 4.84. The highest BCUT2D eigenvalue weighted by molar-refractivity contribution is 7.99. The molecule has 0 unspecified atom stereocenters. The highest BCUT2D eigenvalue weighted by atomic mass is 35.5. The van der Waals surface area contributed by atoms with Crippen molar-refractivity contribution in [3.05, 3.63) is 114 Å². The minimum atomic E-state index is -0.628. The molecule has 0 fully saturated rings. The van der Waals surface area contributed by atoms with E-state index in [0.29, 0.717) is 36.5 Å². The molecule has 1 atom stereocenters. The molecule has 0 radical (unpaired) electrons. The quantitative estimate of drug-likeness (QED) is 0.317. The first-order chi connectivity index (χ1) is 17.4. The maximum Gasteiger partial charge on any atom is 0.338 e. The molecule has 1 aliphatic rings. The van der Waals surface area contributed by atoms with Crippen molar-refractivity contribution in [2.45, 2.75) is 29.9 Å². The molecule has 182 valence electrons. The van der Waals surface area contributed by atoms with Crippen LogP contribution < -0.4 is 14.9 Å². The predicted molar refractivity (Wildman–Crippen MR) is 141 cm³/mol. The molecule has 0 N–H and O–H groups in total. The average molecular weight is 537 g/mol. The maximum atomic E-state index is 13.6. The van der Waals surface area contributed by atoms with Crippen molar-refractivity contribution in [3.63, 3.8) is 0 Å². The summed E-state index contributed by atoms with van der Waals surface area (Å²) in [5.74, 6) is 0.0751. The van der Waals surface area contributed by atoms with Crippen LogP contribution in [0.2, 0.25) is 5.02 Å². The molecular weight excluding hydrogens is 516 g/mol. The van der Waals surface area contributed by atoms with Crippen LogP contribution in [0.15, 0.2) is 102 Å². The van der Waals surface area contributed by atoms with E-state index in [1.165, 1.54) is 23.1 Å². The number of carbonyl (C=O) groups is 1. The molecular formula is C27H21ClN2O4S2. The zero-order valence-corrected chi connectivity index (χ0v) is 21.8. The third-order valence-electron chi connectivity index (χ3n) is 5.54. The summed E-state index contributed by atoms with van der Waals surface area (Å²) in [7, 11) is 0. The van der Waals surface area contributed by atoms with Gasteiger partial charge in [0.15, 0.2) is 9.89 Å². The molecule has 0 saturated heterocycles. The van der Waals surface area contributed by atoms with Crippen LogP contribution in [0.25, 0.3) is 6.08 Å². The highest BCUT2D eigenvalue weighted by Crippen LogP contribution is 2.31. The Morgan fingerprint density at radius 2 is 1.92 bits per heavy atom. The van der Waals surface area contributed by atoms with Crippen molar-refractivity contribution >= 4 is 46.7 Å². The number of hydrogen-bond donors (Lipinski definition) is 0. The van der Waals surface area contributed by atoms with Gasteiger partial charge < -0.3 is 9.15 Å². The molecule has 6 nitrogen and oxygen atoms in total. The number of fused-ring (bicyclic) bond motifs is 1. The Balaban J connectivity index is 1.56. The summed E-state index contributed by atoms with van der Waals surface area (Å²) in [4.78, 5) is 32.6. The number of benzene rings is 2. The van der Waals surface area contributed by atoms with Crippen LogP contribution >= 0.6 is 34.7 Å². The fraction of sp³-hybridized carbons (Fsp3) is 0.148. The molecule has 36 heavy (non-hydrogen) atoms. The molecule has 4 aromatic rings. The number of allylic oxidation sites excluding steroid dienone is 1. The van der Waals surface area contributed by atoms with Gasteiger partial charge in [-0.15, -0.1) is 0 Å². The van der Waals surface area contributed by atoms with Crippen LogP contribution in [-0.2, 0) is 9.53 Å². The van der Waals surface area contributed by atoms with Crippen LogP contribution in [0.1, 0.15) is 31.2 Å². The SMILES string of the molecule is CCOC(=O)C1=C(C)N=c2s/c(=C/c3ccc(Sc4ccc(Cl)cc4)o3)c(=O)n2[C@@H]1c1ccccc1. The standard InChI is InChI=1S/C27H21ClN2O4S2/c1-3-33-26(32)23-16(2)29-27-30(24(23)17-7-5-4-6-8-17)25(31)21(36-27)15-19-11-14-22(34-19)35-20-12-9-18(28)10-13-20/h4-15,24H,3H2,1-2H3/b21-15+/t24-/m1/s1. The lowest BCUT2D eigenvalue weighted by Crippen LogP contribution is -2.39. The molecule has 9 heteroatoms. The van der Waals surface area contributed by atoms with Gasteiger partial charge in [-0.05, 0) is 55.8 Å². The van der Waals surface area contributed by atoms with E-state index in [0.717, 1.165) is 10.5 Å². The van der Waals surface area contributed by atoms with E-state index in [4.69, 9.17) is 20.8 Å². The van der Waals surface area contributed by atoms with Gasteiger partial charge in [0.1, 0.15) is 5.76 Å². The lowest BCUT2D eigenvalue weighted by Gasteiger charge is -2.24. The lowest BCUT2D eigenvalue weighted by molar-refractivity contribution is -0.139. The minimum Gasteiger partial charge on any atom is -0.463 e. The molecule has 0 spiro atoms.